The summed E-state index contributed by atoms with van der Waals surface area (Å²) in [6, 6.07) is 4.71. The Balaban J connectivity index is 1.84. The van der Waals surface area contributed by atoms with Gasteiger partial charge in [0.1, 0.15) is 17.8 Å². The lowest BCUT2D eigenvalue weighted by Gasteiger charge is -2.32. The number of aromatic nitrogens is 4. The van der Waals surface area contributed by atoms with Gasteiger partial charge in [-0.1, -0.05) is 18.7 Å². The SMILES string of the molecule is C=CC(=O)N1CCCC(n2nc(-c3cccc(C(F)(F)F)c3)c3c(N)ncnc32)C1. The molecule has 2 N–H and O–H groups in total. The van der Waals surface area contributed by atoms with E-state index in [2.05, 4.69) is 21.6 Å². The Morgan fingerprint density at radius 3 is 2.83 bits per heavy atom. The molecule has 0 radical (unpaired) electrons. The summed E-state index contributed by atoms with van der Waals surface area (Å²) in [7, 11) is 0. The van der Waals surface area contributed by atoms with Gasteiger partial charge in [0.25, 0.3) is 0 Å². The van der Waals surface area contributed by atoms with Gasteiger partial charge in [0.2, 0.25) is 5.91 Å². The maximum Gasteiger partial charge on any atom is 0.416 e. The van der Waals surface area contributed by atoms with Gasteiger partial charge in [-0.2, -0.15) is 18.3 Å². The van der Waals surface area contributed by atoms with Crippen molar-refractivity contribution < 1.29 is 18.0 Å². The lowest BCUT2D eigenvalue weighted by atomic mass is 10.1. The van der Waals surface area contributed by atoms with Crippen molar-refractivity contribution in [1.29, 1.82) is 0 Å². The van der Waals surface area contributed by atoms with Gasteiger partial charge in [-0.15, -0.1) is 0 Å². The number of halogens is 3. The first-order chi connectivity index (χ1) is 14.3. The number of fused-ring (bicyclic) bond motifs is 1. The Morgan fingerprint density at radius 2 is 2.10 bits per heavy atom. The van der Waals surface area contributed by atoms with Crippen LogP contribution >= 0.6 is 0 Å². The first-order valence-electron chi connectivity index (χ1n) is 9.37. The third-order valence-corrected chi connectivity index (χ3v) is 5.21. The second-order valence-electron chi connectivity index (χ2n) is 7.11. The molecule has 1 amide bonds. The molecular formula is C20H19F3N6O. The Bertz CT molecular complexity index is 1120. The van der Waals surface area contributed by atoms with Gasteiger partial charge in [-0.05, 0) is 31.1 Å². The van der Waals surface area contributed by atoms with Gasteiger partial charge in [0.05, 0.1) is 17.0 Å². The van der Waals surface area contributed by atoms with Gasteiger partial charge in [0, 0.05) is 18.7 Å². The number of carbonyl (C=O) groups is 1. The maximum absolute atomic E-state index is 13.2. The summed E-state index contributed by atoms with van der Waals surface area (Å²) < 4.78 is 41.3. The predicted octanol–water partition coefficient (Wildman–Crippen LogP) is 3.44. The van der Waals surface area contributed by atoms with E-state index in [0.29, 0.717) is 24.1 Å². The fourth-order valence-electron chi connectivity index (χ4n) is 3.78. The molecule has 3 aromatic rings. The van der Waals surface area contributed by atoms with Crippen molar-refractivity contribution in [2.45, 2.75) is 25.1 Å². The topological polar surface area (TPSA) is 89.9 Å². The summed E-state index contributed by atoms with van der Waals surface area (Å²) in [6.45, 7) is 4.53. The molecule has 1 saturated heterocycles. The zero-order valence-corrected chi connectivity index (χ0v) is 15.9. The average Bonchev–Trinajstić information content (AvgIpc) is 3.14. The molecule has 10 heteroatoms. The molecule has 1 fully saturated rings. The molecule has 1 atom stereocenters. The highest BCUT2D eigenvalue weighted by atomic mass is 19.4. The molecule has 1 aliphatic heterocycles. The van der Waals surface area contributed by atoms with Crippen LogP contribution in [0.15, 0.2) is 43.2 Å². The number of benzene rings is 1. The standard InChI is InChI=1S/C20H19F3N6O/c1-2-15(30)28-8-4-7-14(10-28)29-19-16(18(24)25-11-26-19)17(27-29)12-5-3-6-13(9-12)20(21,22)23/h2-3,5-6,9,11,14H,1,4,7-8,10H2,(H2,24,25,26). The van der Waals surface area contributed by atoms with Gasteiger partial charge >= 0.3 is 6.18 Å². The molecule has 1 aliphatic rings. The minimum Gasteiger partial charge on any atom is -0.383 e. The van der Waals surface area contributed by atoms with E-state index in [-0.39, 0.29) is 29.0 Å². The van der Waals surface area contributed by atoms with Crippen molar-refractivity contribution in [3.8, 4) is 11.3 Å². The van der Waals surface area contributed by atoms with Crippen molar-refractivity contribution >= 4 is 22.8 Å². The van der Waals surface area contributed by atoms with Crippen molar-refractivity contribution in [3.63, 3.8) is 0 Å². The minimum absolute atomic E-state index is 0.133. The van der Waals surface area contributed by atoms with Crippen molar-refractivity contribution in [1.82, 2.24) is 24.6 Å². The Morgan fingerprint density at radius 1 is 1.30 bits per heavy atom. The van der Waals surface area contributed by atoms with Crippen LogP contribution in [-0.4, -0.2) is 43.6 Å². The van der Waals surface area contributed by atoms with Gasteiger partial charge in [-0.25, -0.2) is 14.6 Å². The van der Waals surface area contributed by atoms with Crippen LogP contribution in [0.2, 0.25) is 0 Å². The summed E-state index contributed by atoms with van der Waals surface area (Å²) in [5.41, 5.74) is 6.25. The third-order valence-electron chi connectivity index (χ3n) is 5.21. The molecule has 0 bridgehead atoms. The second kappa shape index (κ2) is 7.43. The van der Waals surface area contributed by atoms with E-state index in [1.54, 1.807) is 15.6 Å². The zero-order chi connectivity index (χ0) is 21.5. The van der Waals surface area contributed by atoms with Crippen LogP contribution in [0.25, 0.3) is 22.3 Å². The highest BCUT2D eigenvalue weighted by Crippen LogP contribution is 2.36. The number of hydrogen-bond acceptors (Lipinski definition) is 5. The monoisotopic (exact) mass is 416 g/mol. The molecule has 7 nitrogen and oxygen atoms in total. The number of nitrogens with two attached hydrogens (primary N) is 1. The number of nitrogens with zero attached hydrogens (tertiary/aromatic N) is 5. The Kier molecular flexibility index (Phi) is 4.92. The number of piperidine rings is 1. The average molecular weight is 416 g/mol. The summed E-state index contributed by atoms with van der Waals surface area (Å²) in [5, 5.41) is 4.98. The largest absolute Gasteiger partial charge is 0.416 e. The lowest BCUT2D eigenvalue weighted by molar-refractivity contribution is -0.137. The summed E-state index contributed by atoms with van der Waals surface area (Å²) in [4.78, 5) is 22.0. The van der Waals surface area contributed by atoms with Crippen molar-refractivity contribution in [3.05, 3.63) is 48.8 Å². The van der Waals surface area contributed by atoms with Crippen molar-refractivity contribution in [2.75, 3.05) is 18.8 Å². The van der Waals surface area contributed by atoms with Crippen LogP contribution in [0.1, 0.15) is 24.4 Å². The second-order valence-corrected chi connectivity index (χ2v) is 7.11. The van der Waals surface area contributed by atoms with E-state index in [0.717, 1.165) is 25.0 Å². The number of alkyl halides is 3. The fourth-order valence-corrected chi connectivity index (χ4v) is 3.78. The van der Waals surface area contributed by atoms with Crippen LogP contribution in [0.3, 0.4) is 0 Å². The minimum atomic E-state index is -4.48. The van der Waals surface area contributed by atoms with E-state index in [4.69, 9.17) is 5.73 Å². The van der Waals surface area contributed by atoms with Crippen LogP contribution < -0.4 is 5.73 Å². The predicted molar refractivity (Wildman–Crippen MR) is 105 cm³/mol. The zero-order valence-electron chi connectivity index (χ0n) is 15.9. The number of likely N-dealkylation sites (tertiary alicyclic amines) is 1. The van der Waals surface area contributed by atoms with E-state index in [1.165, 1.54) is 18.5 Å². The summed E-state index contributed by atoms with van der Waals surface area (Å²) in [5.74, 6) is -0.0445. The molecule has 1 unspecified atom stereocenters. The number of amides is 1. The van der Waals surface area contributed by atoms with Gasteiger partial charge in [-0.3, -0.25) is 4.79 Å². The summed E-state index contributed by atoms with van der Waals surface area (Å²) in [6.07, 6.45) is -0.431. The summed E-state index contributed by atoms with van der Waals surface area (Å²) >= 11 is 0. The van der Waals surface area contributed by atoms with Gasteiger partial charge in [0.15, 0.2) is 5.65 Å². The fraction of sp³-hybridized carbons (Fsp3) is 0.300. The van der Waals surface area contributed by atoms with Crippen LogP contribution in [0.4, 0.5) is 19.0 Å². The number of anilines is 1. The number of rotatable bonds is 3. The number of nitrogen functional groups attached to an aromatic ring is 1. The molecule has 1 aromatic carbocycles. The number of carbonyl (C=O) groups excluding carboxylic acids is 1. The highest BCUT2D eigenvalue weighted by molar-refractivity contribution is 5.98. The third kappa shape index (κ3) is 3.49. The molecule has 4 rings (SSSR count). The van der Waals surface area contributed by atoms with Gasteiger partial charge < -0.3 is 10.6 Å². The molecule has 30 heavy (non-hydrogen) atoms. The van der Waals surface area contributed by atoms with Crippen molar-refractivity contribution in [2.24, 2.45) is 0 Å². The molecule has 0 aliphatic carbocycles. The highest BCUT2D eigenvalue weighted by Gasteiger charge is 2.32. The Labute approximate surface area is 170 Å². The quantitative estimate of drug-likeness (QED) is 0.661. The maximum atomic E-state index is 13.2. The lowest BCUT2D eigenvalue weighted by Crippen LogP contribution is -2.40. The first-order valence-corrected chi connectivity index (χ1v) is 9.37. The molecule has 0 spiro atoms. The number of hydrogen-bond donors (Lipinski definition) is 1. The van der Waals surface area contributed by atoms with E-state index in [1.807, 2.05) is 0 Å². The van der Waals surface area contributed by atoms with Crippen LogP contribution in [0, 0.1) is 0 Å². The van der Waals surface area contributed by atoms with Crippen LogP contribution in [0.5, 0.6) is 0 Å². The first kappa shape index (κ1) is 19.9. The normalized spacial score (nSPS) is 17.3. The molecule has 0 saturated carbocycles. The van der Waals surface area contributed by atoms with E-state index in [9.17, 15) is 18.0 Å². The van der Waals surface area contributed by atoms with Crippen LogP contribution in [-0.2, 0) is 11.0 Å². The smallest absolute Gasteiger partial charge is 0.383 e. The van der Waals surface area contributed by atoms with E-state index >= 15 is 0 Å². The Hall–Kier alpha value is -3.43. The molecule has 156 valence electrons. The van der Waals surface area contributed by atoms with E-state index < -0.39 is 11.7 Å². The molecular weight excluding hydrogens is 397 g/mol. The molecule has 3 heterocycles. The molecule has 2 aromatic heterocycles.